The molecule has 21 heavy (non-hydrogen) atoms. The Morgan fingerprint density at radius 2 is 1.90 bits per heavy atom. The van der Waals surface area contributed by atoms with Crippen LogP contribution in [0.1, 0.15) is 44.6 Å². The predicted molar refractivity (Wildman–Crippen MR) is 89.7 cm³/mol. The van der Waals surface area contributed by atoms with Gasteiger partial charge >= 0.3 is 0 Å². The van der Waals surface area contributed by atoms with Gasteiger partial charge < -0.3 is 5.73 Å². The maximum Gasteiger partial charge on any atom is 0.0406 e. The van der Waals surface area contributed by atoms with Crippen molar-refractivity contribution < 1.29 is 0 Å². The standard InChI is InChI=1S/C18H27ClN2/c1-18(13-20,12-14-7-9-16(19)10-8-14)21-11-3-5-15-4-2-6-17(15)21/h7-10,15,17H,2-6,11-13,20H2,1H3. The summed E-state index contributed by atoms with van der Waals surface area (Å²) in [4.78, 5) is 2.74. The molecule has 2 N–H and O–H groups in total. The van der Waals surface area contributed by atoms with E-state index >= 15 is 0 Å². The fourth-order valence-electron chi connectivity index (χ4n) is 4.46. The van der Waals surface area contributed by atoms with Crippen molar-refractivity contribution in [1.29, 1.82) is 0 Å². The molecular weight excluding hydrogens is 280 g/mol. The normalized spacial score (nSPS) is 29.1. The molecule has 2 aliphatic rings. The topological polar surface area (TPSA) is 29.3 Å². The lowest BCUT2D eigenvalue weighted by Gasteiger charge is -2.49. The Bertz CT molecular complexity index is 473. The van der Waals surface area contributed by atoms with E-state index in [-0.39, 0.29) is 5.54 Å². The van der Waals surface area contributed by atoms with Crippen LogP contribution in [0.5, 0.6) is 0 Å². The summed E-state index contributed by atoms with van der Waals surface area (Å²) in [5.41, 5.74) is 7.64. The summed E-state index contributed by atoms with van der Waals surface area (Å²) in [5, 5.41) is 0.807. The maximum absolute atomic E-state index is 6.23. The zero-order chi connectivity index (χ0) is 14.9. The van der Waals surface area contributed by atoms with Gasteiger partial charge in [-0.15, -0.1) is 0 Å². The van der Waals surface area contributed by atoms with E-state index < -0.39 is 0 Å². The molecule has 3 rings (SSSR count). The minimum atomic E-state index is 0.0709. The van der Waals surface area contributed by atoms with Crippen molar-refractivity contribution in [3.8, 4) is 0 Å². The summed E-state index contributed by atoms with van der Waals surface area (Å²) >= 11 is 6.00. The molecule has 3 unspecified atom stereocenters. The van der Waals surface area contributed by atoms with E-state index in [9.17, 15) is 0 Å². The number of benzene rings is 1. The van der Waals surface area contributed by atoms with Crippen molar-refractivity contribution in [3.05, 3.63) is 34.9 Å². The average Bonchev–Trinajstić information content (AvgIpc) is 2.98. The highest BCUT2D eigenvalue weighted by molar-refractivity contribution is 6.30. The van der Waals surface area contributed by atoms with Crippen molar-refractivity contribution in [2.24, 2.45) is 11.7 Å². The van der Waals surface area contributed by atoms with Crippen LogP contribution in [0.4, 0.5) is 0 Å². The van der Waals surface area contributed by atoms with Gasteiger partial charge in [0.2, 0.25) is 0 Å². The molecule has 1 aromatic rings. The SMILES string of the molecule is CC(CN)(Cc1ccc(Cl)cc1)N1CCCC2CCCC21. The fraction of sp³-hybridized carbons (Fsp3) is 0.667. The Labute approximate surface area is 133 Å². The molecule has 0 aromatic heterocycles. The Morgan fingerprint density at radius 1 is 1.19 bits per heavy atom. The lowest BCUT2D eigenvalue weighted by molar-refractivity contribution is 0.0138. The van der Waals surface area contributed by atoms with E-state index in [0.29, 0.717) is 0 Å². The third kappa shape index (κ3) is 3.13. The van der Waals surface area contributed by atoms with Gasteiger partial charge in [0.1, 0.15) is 0 Å². The monoisotopic (exact) mass is 306 g/mol. The molecule has 2 nitrogen and oxygen atoms in total. The molecule has 1 saturated heterocycles. The summed E-state index contributed by atoms with van der Waals surface area (Å²) < 4.78 is 0. The van der Waals surface area contributed by atoms with Gasteiger partial charge in [0.05, 0.1) is 0 Å². The predicted octanol–water partition coefficient (Wildman–Crippen LogP) is 3.86. The smallest absolute Gasteiger partial charge is 0.0406 e. The van der Waals surface area contributed by atoms with E-state index in [1.54, 1.807) is 0 Å². The first kappa shape index (κ1) is 15.3. The molecule has 1 aliphatic carbocycles. The van der Waals surface area contributed by atoms with Gasteiger partial charge in [0, 0.05) is 23.1 Å². The van der Waals surface area contributed by atoms with Crippen LogP contribution in [0.2, 0.25) is 5.02 Å². The molecule has 1 saturated carbocycles. The summed E-state index contributed by atoms with van der Waals surface area (Å²) in [7, 11) is 0. The number of fused-ring (bicyclic) bond motifs is 1. The Kier molecular flexibility index (Phi) is 4.58. The molecule has 1 aliphatic heterocycles. The first-order chi connectivity index (χ1) is 10.1. The van der Waals surface area contributed by atoms with Gasteiger partial charge in [0.15, 0.2) is 0 Å². The second kappa shape index (κ2) is 6.28. The maximum atomic E-state index is 6.23. The highest BCUT2D eigenvalue weighted by Crippen LogP contribution is 2.40. The third-order valence-electron chi connectivity index (χ3n) is 5.62. The van der Waals surface area contributed by atoms with Gasteiger partial charge in [-0.05, 0) is 69.2 Å². The molecule has 1 aromatic carbocycles. The molecule has 0 bridgehead atoms. The minimum absolute atomic E-state index is 0.0709. The lowest BCUT2D eigenvalue weighted by Crippen LogP contribution is -2.59. The van der Waals surface area contributed by atoms with Crippen LogP contribution in [0.15, 0.2) is 24.3 Å². The van der Waals surface area contributed by atoms with Gasteiger partial charge in [-0.2, -0.15) is 0 Å². The van der Waals surface area contributed by atoms with Crippen LogP contribution < -0.4 is 5.73 Å². The van der Waals surface area contributed by atoms with Crippen molar-refractivity contribution >= 4 is 11.6 Å². The Balaban J connectivity index is 1.79. The molecule has 116 valence electrons. The van der Waals surface area contributed by atoms with E-state index in [4.69, 9.17) is 17.3 Å². The minimum Gasteiger partial charge on any atom is -0.329 e. The molecule has 0 amide bonds. The summed E-state index contributed by atoms with van der Waals surface area (Å²) in [5.74, 6) is 0.912. The number of nitrogens with two attached hydrogens (primary N) is 1. The van der Waals surface area contributed by atoms with Gasteiger partial charge in [-0.1, -0.05) is 30.2 Å². The number of nitrogens with zero attached hydrogens (tertiary/aromatic N) is 1. The molecule has 1 heterocycles. The largest absolute Gasteiger partial charge is 0.329 e. The summed E-state index contributed by atoms with van der Waals surface area (Å²) in [6.07, 6.45) is 7.95. The first-order valence-corrected chi connectivity index (χ1v) is 8.71. The van der Waals surface area contributed by atoms with Crippen LogP contribution in [0, 0.1) is 5.92 Å². The average molecular weight is 307 g/mol. The quantitative estimate of drug-likeness (QED) is 0.915. The summed E-state index contributed by atoms with van der Waals surface area (Å²) in [6, 6.07) is 9.03. The van der Waals surface area contributed by atoms with E-state index in [1.807, 2.05) is 12.1 Å². The number of rotatable bonds is 4. The van der Waals surface area contributed by atoms with Crippen LogP contribution in [-0.4, -0.2) is 29.6 Å². The van der Waals surface area contributed by atoms with Crippen molar-refractivity contribution in [2.75, 3.05) is 13.1 Å². The van der Waals surface area contributed by atoms with Crippen molar-refractivity contribution in [2.45, 2.75) is 57.0 Å². The van der Waals surface area contributed by atoms with E-state index in [1.165, 1.54) is 44.2 Å². The third-order valence-corrected chi connectivity index (χ3v) is 5.88. The van der Waals surface area contributed by atoms with Gasteiger partial charge in [-0.3, -0.25) is 4.90 Å². The zero-order valence-electron chi connectivity index (χ0n) is 13.0. The Hall–Kier alpha value is -0.570. The number of halogens is 1. The highest BCUT2D eigenvalue weighted by atomic mass is 35.5. The zero-order valence-corrected chi connectivity index (χ0v) is 13.8. The molecule has 0 radical (unpaired) electrons. The van der Waals surface area contributed by atoms with E-state index in [0.717, 1.165) is 29.9 Å². The number of hydrogen-bond donors (Lipinski definition) is 1. The fourth-order valence-corrected chi connectivity index (χ4v) is 4.58. The van der Waals surface area contributed by atoms with Crippen molar-refractivity contribution in [3.63, 3.8) is 0 Å². The number of likely N-dealkylation sites (tertiary alicyclic amines) is 1. The molecule has 3 heteroatoms. The summed E-state index contributed by atoms with van der Waals surface area (Å²) in [6.45, 7) is 4.28. The van der Waals surface area contributed by atoms with E-state index in [2.05, 4.69) is 24.0 Å². The highest BCUT2D eigenvalue weighted by Gasteiger charge is 2.42. The van der Waals surface area contributed by atoms with Crippen LogP contribution in [0.25, 0.3) is 0 Å². The molecule has 3 atom stereocenters. The first-order valence-electron chi connectivity index (χ1n) is 8.34. The lowest BCUT2D eigenvalue weighted by atomic mass is 9.83. The molecule has 0 spiro atoms. The second-order valence-corrected chi connectivity index (χ2v) is 7.53. The molecular formula is C18H27ClN2. The van der Waals surface area contributed by atoms with Crippen LogP contribution >= 0.6 is 11.6 Å². The number of piperidine rings is 1. The van der Waals surface area contributed by atoms with Crippen LogP contribution in [0.3, 0.4) is 0 Å². The van der Waals surface area contributed by atoms with Crippen molar-refractivity contribution in [1.82, 2.24) is 4.90 Å². The van der Waals surface area contributed by atoms with Gasteiger partial charge in [0.25, 0.3) is 0 Å². The van der Waals surface area contributed by atoms with Crippen LogP contribution in [-0.2, 0) is 6.42 Å². The number of hydrogen-bond acceptors (Lipinski definition) is 2. The Morgan fingerprint density at radius 3 is 2.62 bits per heavy atom. The van der Waals surface area contributed by atoms with Gasteiger partial charge in [-0.25, -0.2) is 0 Å². The molecule has 2 fully saturated rings. The second-order valence-electron chi connectivity index (χ2n) is 7.10.